The van der Waals surface area contributed by atoms with Gasteiger partial charge >= 0.3 is 5.97 Å². The van der Waals surface area contributed by atoms with E-state index in [9.17, 15) is 14.9 Å². The van der Waals surface area contributed by atoms with Gasteiger partial charge in [-0.05, 0) is 42.3 Å². The number of carbonyl (C=O) groups excluding carboxylic acids is 1. The van der Waals surface area contributed by atoms with E-state index in [2.05, 4.69) is 21.7 Å². The number of aliphatic carboxylic acids is 1. The van der Waals surface area contributed by atoms with Crippen LogP contribution in [0.5, 0.6) is 5.75 Å². The minimum Gasteiger partial charge on any atom is -0.495 e. The number of aromatic nitrogens is 1. The van der Waals surface area contributed by atoms with E-state index in [0.29, 0.717) is 51.5 Å². The van der Waals surface area contributed by atoms with Gasteiger partial charge in [0.2, 0.25) is 0 Å². The number of methoxy groups -OCH3 is 1. The second-order valence-electron chi connectivity index (χ2n) is 6.97. The molecule has 0 saturated carbocycles. The van der Waals surface area contributed by atoms with E-state index in [-0.39, 0.29) is 18.9 Å². The number of nitriles is 1. The topological polar surface area (TPSA) is 124 Å². The second-order valence-corrected chi connectivity index (χ2v) is 7.37. The summed E-state index contributed by atoms with van der Waals surface area (Å²) < 4.78 is 5.18. The smallest absolute Gasteiger partial charge is 0.303 e. The summed E-state index contributed by atoms with van der Waals surface area (Å²) in [5, 5.41) is 25.2. The van der Waals surface area contributed by atoms with E-state index in [4.69, 9.17) is 21.4 Å². The summed E-state index contributed by atoms with van der Waals surface area (Å²) in [6.07, 6.45) is 1.74. The predicted molar refractivity (Wildman–Crippen MR) is 121 cm³/mol. The number of anilines is 1. The molecule has 0 atom stereocenters. The summed E-state index contributed by atoms with van der Waals surface area (Å²) in [6.45, 7) is 0.577. The molecular weight excluding hydrogens is 432 g/mol. The molecule has 8 nitrogen and oxygen atoms in total. The summed E-state index contributed by atoms with van der Waals surface area (Å²) in [4.78, 5) is 27.8. The summed E-state index contributed by atoms with van der Waals surface area (Å²) in [6, 6.07) is 12.5. The Kier molecular flexibility index (Phi) is 7.47. The first-order chi connectivity index (χ1) is 15.4. The van der Waals surface area contributed by atoms with Crippen LogP contribution in [0.15, 0.2) is 42.6 Å². The highest BCUT2D eigenvalue weighted by molar-refractivity contribution is 6.32. The molecule has 0 aliphatic rings. The molecule has 3 aromatic rings. The van der Waals surface area contributed by atoms with Gasteiger partial charge in [-0.3, -0.25) is 14.6 Å². The number of ether oxygens (including phenoxy) is 1. The molecule has 1 aromatic heterocycles. The standard InChI is InChI=1S/C23H21ClN4O4/c1-32-20-7-5-15(10-18(20)24)12-28-22-16-9-14(11-25)4-6-19(16)27-13-17(22)23(31)26-8-2-3-21(29)30/h4-7,9-10,13H,2-3,8,12H2,1H3,(H,26,31)(H,27,28)(H,29,30). The molecular formula is C23H21ClN4O4. The van der Waals surface area contributed by atoms with Gasteiger partial charge in [0.1, 0.15) is 5.75 Å². The molecule has 0 spiro atoms. The zero-order valence-electron chi connectivity index (χ0n) is 17.3. The normalized spacial score (nSPS) is 10.4. The van der Waals surface area contributed by atoms with Crippen LogP contribution in [0, 0.1) is 11.3 Å². The lowest BCUT2D eigenvalue weighted by molar-refractivity contribution is -0.137. The Hall–Kier alpha value is -3.83. The average molecular weight is 453 g/mol. The quantitative estimate of drug-likeness (QED) is 0.419. The fraction of sp³-hybridized carbons (Fsp3) is 0.217. The summed E-state index contributed by atoms with van der Waals surface area (Å²) in [5.41, 5.74) is 2.75. The highest BCUT2D eigenvalue weighted by Crippen LogP contribution is 2.29. The third-order valence-electron chi connectivity index (χ3n) is 4.78. The lowest BCUT2D eigenvalue weighted by Crippen LogP contribution is -2.26. The van der Waals surface area contributed by atoms with E-state index in [1.54, 1.807) is 30.3 Å². The van der Waals surface area contributed by atoms with Gasteiger partial charge in [0, 0.05) is 31.1 Å². The van der Waals surface area contributed by atoms with Gasteiger partial charge in [0.05, 0.1) is 40.5 Å². The first-order valence-electron chi connectivity index (χ1n) is 9.82. The van der Waals surface area contributed by atoms with Crippen molar-refractivity contribution >= 4 is 40.1 Å². The highest BCUT2D eigenvalue weighted by atomic mass is 35.5. The number of carboxylic acids is 1. The van der Waals surface area contributed by atoms with Gasteiger partial charge in [-0.25, -0.2) is 0 Å². The van der Waals surface area contributed by atoms with E-state index < -0.39 is 5.97 Å². The maximum atomic E-state index is 12.8. The van der Waals surface area contributed by atoms with Crippen LogP contribution in [0.3, 0.4) is 0 Å². The number of nitrogens with zero attached hydrogens (tertiary/aromatic N) is 2. The molecule has 164 valence electrons. The Morgan fingerprint density at radius 1 is 1.25 bits per heavy atom. The molecule has 9 heteroatoms. The third kappa shape index (κ3) is 5.45. The molecule has 0 bridgehead atoms. The number of pyridine rings is 1. The van der Waals surface area contributed by atoms with Gasteiger partial charge in [-0.2, -0.15) is 5.26 Å². The molecule has 0 saturated heterocycles. The minimum absolute atomic E-state index is 0.0366. The SMILES string of the molecule is COc1ccc(CNc2c(C(=O)NCCCC(=O)O)cnc3ccc(C#N)cc23)cc1Cl. The van der Waals surface area contributed by atoms with Crippen molar-refractivity contribution in [1.82, 2.24) is 10.3 Å². The number of halogens is 1. The van der Waals surface area contributed by atoms with Crippen molar-refractivity contribution in [3.63, 3.8) is 0 Å². The molecule has 3 rings (SSSR count). The molecule has 0 aliphatic heterocycles. The molecule has 0 fully saturated rings. The van der Waals surface area contributed by atoms with Crippen LogP contribution in [-0.4, -0.2) is 35.6 Å². The van der Waals surface area contributed by atoms with Gasteiger partial charge in [0.25, 0.3) is 5.91 Å². The summed E-state index contributed by atoms with van der Waals surface area (Å²) >= 11 is 6.22. The number of hydrogen-bond acceptors (Lipinski definition) is 6. The van der Waals surface area contributed by atoms with Crippen molar-refractivity contribution in [2.75, 3.05) is 19.0 Å². The Bertz CT molecular complexity index is 1210. The Morgan fingerprint density at radius 2 is 2.06 bits per heavy atom. The molecule has 1 amide bonds. The summed E-state index contributed by atoms with van der Waals surface area (Å²) in [7, 11) is 1.54. The van der Waals surface area contributed by atoms with E-state index in [1.165, 1.54) is 13.3 Å². The molecule has 0 radical (unpaired) electrons. The second kappa shape index (κ2) is 10.5. The number of benzene rings is 2. The third-order valence-corrected chi connectivity index (χ3v) is 5.08. The molecule has 2 aromatic carbocycles. The average Bonchev–Trinajstić information content (AvgIpc) is 2.79. The lowest BCUT2D eigenvalue weighted by atomic mass is 10.1. The maximum Gasteiger partial charge on any atom is 0.303 e. The number of hydrogen-bond donors (Lipinski definition) is 3. The van der Waals surface area contributed by atoms with Crippen LogP contribution in [0.4, 0.5) is 5.69 Å². The monoisotopic (exact) mass is 452 g/mol. The number of nitrogens with one attached hydrogen (secondary N) is 2. The van der Waals surface area contributed by atoms with Crippen molar-refractivity contribution in [3.05, 3.63) is 64.3 Å². The number of carboxylic acid groups (broad SMARTS) is 1. The predicted octanol–water partition coefficient (Wildman–Crippen LogP) is 3.98. The van der Waals surface area contributed by atoms with Crippen LogP contribution in [0.2, 0.25) is 5.02 Å². The van der Waals surface area contributed by atoms with Crippen LogP contribution in [0.1, 0.15) is 34.3 Å². The zero-order chi connectivity index (χ0) is 23.1. The lowest BCUT2D eigenvalue weighted by Gasteiger charge is -2.15. The minimum atomic E-state index is -0.920. The fourth-order valence-electron chi connectivity index (χ4n) is 3.17. The van der Waals surface area contributed by atoms with Crippen molar-refractivity contribution in [1.29, 1.82) is 5.26 Å². The first-order valence-corrected chi connectivity index (χ1v) is 10.2. The van der Waals surface area contributed by atoms with Crippen LogP contribution in [0.25, 0.3) is 10.9 Å². The Labute approximate surface area is 189 Å². The maximum absolute atomic E-state index is 12.8. The first kappa shape index (κ1) is 22.8. The molecule has 0 aliphatic carbocycles. The van der Waals surface area contributed by atoms with Crippen molar-refractivity contribution in [2.24, 2.45) is 0 Å². The van der Waals surface area contributed by atoms with E-state index in [1.807, 2.05) is 6.07 Å². The largest absolute Gasteiger partial charge is 0.495 e. The Morgan fingerprint density at radius 3 is 2.75 bits per heavy atom. The van der Waals surface area contributed by atoms with Crippen molar-refractivity contribution in [2.45, 2.75) is 19.4 Å². The molecule has 1 heterocycles. The molecule has 3 N–H and O–H groups in total. The number of rotatable bonds is 9. The summed E-state index contributed by atoms with van der Waals surface area (Å²) in [5.74, 6) is -0.747. The van der Waals surface area contributed by atoms with E-state index in [0.717, 1.165) is 5.56 Å². The Balaban J connectivity index is 1.92. The van der Waals surface area contributed by atoms with Gasteiger partial charge in [-0.1, -0.05) is 17.7 Å². The van der Waals surface area contributed by atoms with Crippen LogP contribution >= 0.6 is 11.6 Å². The number of amides is 1. The van der Waals surface area contributed by atoms with Crippen LogP contribution < -0.4 is 15.4 Å². The fourth-order valence-corrected chi connectivity index (χ4v) is 3.45. The van der Waals surface area contributed by atoms with Crippen molar-refractivity contribution < 1.29 is 19.4 Å². The molecule has 32 heavy (non-hydrogen) atoms. The number of fused-ring (bicyclic) bond motifs is 1. The van der Waals surface area contributed by atoms with E-state index >= 15 is 0 Å². The van der Waals surface area contributed by atoms with Crippen LogP contribution in [-0.2, 0) is 11.3 Å². The van der Waals surface area contributed by atoms with Gasteiger partial charge in [0.15, 0.2) is 0 Å². The highest BCUT2D eigenvalue weighted by Gasteiger charge is 2.16. The van der Waals surface area contributed by atoms with Gasteiger partial charge in [-0.15, -0.1) is 0 Å². The van der Waals surface area contributed by atoms with Crippen molar-refractivity contribution in [3.8, 4) is 11.8 Å². The van der Waals surface area contributed by atoms with Gasteiger partial charge < -0.3 is 20.5 Å². The molecule has 0 unspecified atom stereocenters. The number of carbonyl (C=O) groups is 2. The zero-order valence-corrected chi connectivity index (χ0v) is 18.1.